The molecule has 0 radical (unpaired) electrons. The first-order chi connectivity index (χ1) is 8.33. The fourth-order valence-electron chi connectivity index (χ4n) is 2.93. The summed E-state index contributed by atoms with van der Waals surface area (Å²) in [6.45, 7) is 6.66. The van der Waals surface area contributed by atoms with Gasteiger partial charge in [0.15, 0.2) is 0 Å². The lowest BCUT2D eigenvalue weighted by Gasteiger charge is -2.21. The fourth-order valence-corrected chi connectivity index (χ4v) is 2.93. The van der Waals surface area contributed by atoms with E-state index in [4.69, 9.17) is 5.73 Å². The molecular weight excluding hydrogens is 208 g/mol. The largest absolute Gasteiger partial charge is 0.330 e. The van der Waals surface area contributed by atoms with Crippen LogP contribution >= 0.6 is 0 Å². The molecule has 0 spiro atoms. The van der Waals surface area contributed by atoms with Crippen LogP contribution in [0.4, 0.5) is 0 Å². The van der Waals surface area contributed by atoms with Crippen molar-refractivity contribution in [1.82, 2.24) is 4.90 Å². The second-order valence-corrected chi connectivity index (χ2v) is 5.17. The molecule has 1 aromatic carbocycles. The van der Waals surface area contributed by atoms with Gasteiger partial charge < -0.3 is 5.73 Å². The van der Waals surface area contributed by atoms with Crippen LogP contribution in [0, 0.1) is 11.8 Å². The summed E-state index contributed by atoms with van der Waals surface area (Å²) < 4.78 is 0. The van der Waals surface area contributed by atoms with Gasteiger partial charge in [-0.1, -0.05) is 43.7 Å². The van der Waals surface area contributed by atoms with Gasteiger partial charge in [-0.25, -0.2) is 0 Å². The molecule has 2 atom stereocenters. The average molecular weight is 232 g/mol. The van der Waals surface area contributed by atoms with Gasteiger partial charge in [-0.2, -0.15) is 0 Å². The summed E-state index contributed by atoms with van der Waals surface area (Å²) >= 11 is 0. The van der Waals surface area contributed by atoms with Crippen molar-refractivity contribution in [2.45, 2.75) is 26.3 Å². The predicted molar refractivity (Wildman–Crippen MR) is 72.7 cm³/mol. The summed E-state index contributed by atoms with van der Waals surface area (Å²) in [7, 11) is 0. The Morgan fingerprint density at radius 1 is 1.35 bits per heavy atom. The molecule has 94 valence electrons. The Morgan fingerprint density at radius 2 is 2.12 bits per heavy atom. The summed E-state index contributed by atoms with van der Waals surface area (Å²) in [5.41, 5.74) is 7.27. The Bertz CT molecular complexity index is 319. The molecule has 1 heterocycles. The maximum absolute atomic E-state index is 5.84. The first-order valence-corrected chi connectivity index (χ1v) is 6.79. The molecule has 17 heavy (non-hydrogen) atoms. The first kappa shape index (κ1) is 12.6. The molecule has 2 N–H and O–H groups in total. The molecule has 2 rings (SSSR count). The quantitative estimate of drug-likeness (QED) is 0.845. The Kier molecular flexibility index (Phi) is 4.57. The number of nitrogens with two attached hydrogens (primary N) is 1. The number of benzene rings is 1. The third-order valence-electron chi connectivity index (χ3n) is 4.05. The lowest BCUT2D eigenvalue weighted by atomic mass is 9.89. The lowest BCUT2D eigenvalue weighted by molar-refractivity contribution is 0.280. The standard InChI is InChI=1S/C15H24N2/c1-2-14(10-16)15-8-9-17(12-15)11-13-6-4-3-5-7-13/h3-7,14-15H,2,8-12,16H2,1H3. The molecule has 1 aliphatic heterocycles. The van der Waals surface area contributed by atoms with Gasteiger partial charge >= 0.3 is 0 Å². The number of rotatable bonds is 5. The fraction of sp³-hybridized carbons (Fsp3) is 0.600. The maximum Gasteiger partial charge on any atom is 0.0233 e. The first-order valence-electron chi connectivity index (χ1n) is 6.79. The molecule has 2 nitrogen and oxygen atoms in total. The summed E-state index contributed by atoms with van der Waals surface area (Å²) in [4.78, 5) is 2.57. The highest BCUT2D eigenvalue weighted by Crippen LogP contribution is 2.26. The van der Waals surface area contributed by atoms with Crippen LogP contribution in [0.1, 0.15) is 25.3 Å². The lowest BCUT2D eigenvalue weighted by Crippen LogP contribution is -2.26. The summed E-state index contributed by atoms with van der Waals surface area (Å²) in [6, 6.07) is 10.8. The SMILES string of the molecule is CCC(CN)C1CCN(Cc2ccccc2)C1. The van der Waals surface area contributed by atoms with Crippen LogP contribution in [0.25, 0.3) is 0 Å². The van der Waals surface area contributed by atoms with Crippen molar-refractivity contribution >= 4 is 0 Å². The third-order valence-corrected chi connectivity index (χ3v) is 4.05. The van der Waals surface area contributed by atoms with Crippen LogP contribution in [0.2, 0.25) is 0 Å². The number of hydrogen-bond donors (Lipinski definition) is 1. The summed E-state index contributed by atoms with van der Waals surface area (Å²) in [6.07, 6.45) is 2.54. The van der Waals surface area contributed by atoms with Crippen molar-refractivity contribution in [2.24, 2.45) is 17.6 Å². The van der Waals surface area contributed by atoms with Crippen molar-refractivity contribution in [3.8, 4) is 0 Å². The Labute approximate surface area is 105 Å². The monoisotopic (exact) mass is 232 g/mol. The highest BCUT2D eigenvalue weighted by atomic mass is 15.1. The van der Waals surface area contributed by atoms with Crippen molar-refractivity contribution in [1.29, 1.82) is 0 Å². The van der Waals surface area contributed by atoms with E-state index < -0.39 is 0 Å². The van der Waals surface area contributed by atoms with Crippen molar-refractivity contribution in [3.63, 3.8) is 0 Å². The Hall–Kier alpha value is -0.860. The smallest absolute Gasteiger partial charge is 0.0233 e. The maximum atomic E-state index is 5.84. The predicted octanol–water partition coefficient (Wildman–Crippen LogP) is 2.49. The highest BCUT2D eigenvalue weighted by Gasteiger charge is 2.27. The van der Waals surface area contributed by atoms with E-state index in [0.29, 0.717) is 0 Å². The molecule has 2 heteroatoms. The van der Waals surface area contributed by atoms with Gasteiger partial charge in [0.05, 0.1) is 0 Å². The molecule has 1 saturated heterocycles. The van der Waals surface area contributed by atoms with E-state index in [-0.39, 0.29) is 0 Å². The molecule has 1 aromatic rings. The van der Waals surface area contributed by atoms with E-state index in [2.05, 4.69) is 42.2 Å². The van der Waals surface area contributed by atoms with Gasteiger partial charge in [0.2, 0.25) is 0 Å². The number of hydrogen-bond acceptors (Lipinski definition) is 2. The van der Waals surface area contributed by atoms with E-state index in [1.165, 1.54) is 31.5 Å². The van der Waals surface area contributed by atoms with Crippen LogP contribution < -0.4 is 5.73 Å². The summed E-state index contributed by atoms with van der Waals surface area (Å²) in [5, 5.41) is 0. The van der Waals surface area contributed by atoms with Crippen LogP contribution in [-0.4, -0.2) is 24.5 Å². The van der Waals surface area contributed by atoms with E-state index in [1.54, 1.807) is 0 Å². The zero-order valence-electron chi connectivity index (χ0n) is 10.8. The number of likely N-dealkylation sites (tertiary alicyclic amines) is 1. The van der Waals surface area contributed by atoms with Crippen LogP contribution in [0.15, 0.2) is 30.3 Å². The van der Waals surface area contributed by atoms with Gasteiger partial charge in [0.1, 0.15) is 0 Å². The van der Waals surface area contributed by atoms with Crippen LogP contribution in [-0.2, 0) is 6.54 Å². The molecule has 0 aliphatic carbocycles. The highest BCUT2D eigenvalue weighted by molar-refractivity contribution is 5.14. The Balaban J connectivity index is 1.86. The Morgan fingerprint density at radius 3 is 2.76 bits per heavy atom. The van der Waals surface area contributed by atoms with E-state index >= 15 is 0 Å². The van der Waals surface area contributed by atoms with Gasteiger partial charge in [0.25, 0.3) is 0 Å². The zero-order chi connectivity index (χ0) is 12.1. The normalized spacial score (nSPS) is 22.8. The van der Waals surface area contributed by atoms with E-state index in [0.717, 1.165) is 24.9 Å². The van der Waals surface area contributed by atoms with Crippen LogP contribution in [0.3, 0.4) is 0 Å². The second kappa shape index (κ2) is 6.18. The zero-order valence-corrected chi connectivity index (χ0v) is 10.8. The minimum absolute atomic E-state index is 0.718. The molecule has 2 unspecified atom stereocenters. The molecule has 0 aromatic heterocycles. The molecule has 0 amide bonds. The molecule has 1 fully saturated rings. The average Bonchev–Trinajstić information content (AvgIpc) is 2.81. The van der Waals surface area contributed by atoms with Crippen LogP contribution in [0.5, 0.6) is 0 Å². The number of nitrogens with zero attached hydrogens (tertiary/aromatic N) is 1. The van der Waals surface area contributed by atoms with Gasteiger partial charge in [-0.05, 0) is 36.9 Å². The summed E-state index contributed by atoms with van der Waals surface area (Å²) in [5.74, 6) is 1.53. The molecule has 1 aliphatic rings. The minimum Gasteiger partial charge on any atom is -0.330 e. The second-order valence-electron chi connectivity index (χ2n) is 5.17. The van der Waals surface area contributed by atoms with E-state index in [9.17, 15) is 0 Å². The molecule has 0 bridgehead atoms. The van der Waals surface area contributed by atoms with E-state index in [1.807, 2.05) is 0 Å². The minimum atomic E-state index is 0.718. The third kappa shape index (κ3) is 3.30. The van der Waals surface area contributed by atoms with Gasteiger partial charge in [-0.3, -0.25) is 4.90 Å². The van der Waals surface area contributed by atoms with Crippen molar-refractivity contribution < 1.29 is 0 Å². The molecular formula is C15H24N2. The van der Waals surface area contributed by atoms with Gasteiger partial charge in [-0.15, -0.1) is 0 Å². The molecule has 0 saturated carbocycles. The topological polar surface area (TPSA) is 29.3 Å². The van der Waals surface area contributed by atoms with Crippen molar-refractivity contribution in [2.75, 3.05) is 19.6 Å². The van der Waals surface area contributed by atoms with Crippen molar-refractivity contribution in [3.05, 3.63) is 35.9 Å². The van der Waals surface area contributed by atoms with Gasteiger partial charge in [0, 0.05) is 13.1 Å².